The third kappa shape index (κ3) is 4.32. The van der Waals surface area contributed by atoms with Crippen LogP contribution < -0.4 is 5.32 Å². The average Bonchev–Trinajstić information content (AvgIpc) is 3.05. The summed E-state index contributed by atoms with van der Waals surface area (Å²) in [6.45, 7) is 7.90. The minimum Gasteiger partial charge on any atom is -0.411 e. The molecule has 1 amide bonds. The summed E-state index contributed by atoms with van der Waals surface area (Å²) in [6.07, 6.45) is 0. The van der Waals surface area contributed by atoms with Gasteiger partial charge in [-0.1, -0.05) is 30.0 Å². The highest BCUT2D eigenvalue weighted by atomic mass is 32.2. The SMILES string of the molecule is Cc1cccc(NC(=O)[C@@H](C)Sc2nnc(-c3ccc(C)c(C)c3)o2)c1. The Kier molecular flexibility index (Phi) is 5.42. The molecule has 0 saturated heterocycles. The molecule has 0 spiro atoms. The van der Waals surface area contributed by atoms with Gasteiger partial charge in [0.05, 0.1) is 5.25 Å². The highest BCUT2D eigenvalue weighted by Gasteiger charge is 2.19. The fourth-order valence-electron chi connectivity index (χ4n) is 2.42. The number of hydrogen-bond donors (Lipinski definition) is 1. The van der Waals surface area contributed by atoms with Crippen LogP contribution in [0.4, 0.5) is 5.69 Å². The molecule has 0 aliphatic rings. The fourth-order valence-corrected chi connectivity index (χ4v) is 3.10. The van der Waals surface area contributed by atoms with Gasteiger partial charge in [-0.15, -0.1) is 10.2 Å². The van der Waals surface area contributed by atoms with Crippen LogP contribution in [0, 0.1) is 20.8 Å². The number of nitrogens with zero attached hydrogens (tertiary/aromatic N) is 2. The molecular formula is C20H21N3O2S. The number of aryl methyl sites for hydroxylation is 3. The van der Waals surface area contributed by atoms with Crippen molar-refractivity contribution >= 4 is 23.4 Å². The lowest BCUT2D eigenvalue weighted by Gasteiger charge is -2.10. The van der Waals surface area contributed by atoms with E-state index in [1.807, 2.05) is 63.2 Å². The Labute approximate surface area is 157 Å². The maximum Gasteiger partial charge on any atom is 0.277 e. The molecule has 0 fully saturated rings. The molecule has 2 aromatic carbocycles. The Hall–Kier alpha value is -2.60. The number of nitrogens with one attached hydrogen (secondary N) is 1. The molecular weight excluding hydrogens is 346 g/mol. The molecule has 3 aromatic rings. The first kappa shape index (κ1) is 18.2. The predicted octanol–water partition coefficient (Wildman–Crippen LogP) is 4.78. The van der Waals surface area contributed by atoms with Crippen LogP contribution in [0.5, 0.6) is 0 Å². The summed E-state index contributed by atoms with van der Waals surface area (Å²) in [5, 5.41) is 11.1. The third-order valence-electron chi connectivity index (χ3n) is 4.09. The number of aromatic nitrogens is 2. The van der Waals surface area contributed by atoms with Crippen molar-refractivity contribution in [3.05, 3.63) is 59.2 Å². The zero-order chi connectivity index (χ0) is 18.7. The van der Waals surface area contributed by atoms with Crippen molar-refractivity contribution in [3.8, 4) is 11.5 Å². The van der Waals surface area contributed by atoms with Gasteiger partial charge in [0.25, 0.3) is 5.22 Å². The number of hydrogen-bond acceptors (Lipinski definition) is 5. The second-order valence-corrected chi connectivity index (χ2v) is 7.58. The Morgan fingerprint density at radius 3 is 2.62 bits per heavy atom. The van der Waals surface area contributed by atoms with Crippen molar-refractivity contribution in [1.29, 1.82) is 0 Å². The summed E-state index contributed by atoms with van der Waals surface area (Å²) in [4.78, 5) is 12.4. The van der Waals surface area contributed by atoms with Crippen LogP contribution in [0.25, 0.3) is 11.5 Å². The van der Waals surface area contributed by atoms with Crippen molar-refractivity contribution in [2.75, 3.05) is 5.32 Å². The standard InChI is InChI=1S/C20H21N3O2S/c1-12-6-5-7-17(10-12)21-18(24)15(4)26-20-23-22-19(25-20)16-9-8-13(2)14(3)11-16/h5-11,15H,1-4H3,(H,21,24)/t15-/m1/s1. The third-order valence-corrected chi connectivity index (χ3v) is 5.03. The largest absolute Gasteiger partial charge is 0.411 e. The van der Waals surface area contributed by atoms with Gasteiger partial charge in [-0.2, -0.15) is 0 Å². The number of carbonyl (C=O) groups is 1. The molecule has 1 N–H and O–H groups in total. The molecule has 1 aromatic heterocycles. The van der Waals surface area contributed by atoms with Crippen LogP contribution in [-0.4, -0.2) is 21.4 Å². The Morgan fingerprint density at radius 2 is 1.88 bits per heavy atom. The van der Waals surface area contributed by atoms with Crippen molar-refractivity contribution in [1.82, 2.24) is 10.2 Å². The van der Waals surface area contributed by atoms with Crippen LogP contribution in [0.15, 0.2) is 52.1 Å². The highest BCUT2D eigenvalue weighted by Crippen LogP contribution is 2.27. The van der Waals surface area contributed by atoms with Crippen molar-refractivity contribution in [2.45, 2.75) is 38.2 Å². The van der Waals surface area contributed by atoms with E-state index in [0.29, 0.717) is 11.1 Å². The van der Waals surface area contributed by atoms with E-state index >= 15 is 0 Å². The van der Waals surface area contributed by atoms with Crippen LogP contribution in [-0.2, 0) is 4.79 Å². The van der Waals surface area contributed by atoms with Crippen molar-refractivity contribution in [2.24, 2.45) is 0 Å². The van der Waals surface area contributed by atoms with Gasteiger partial charge in [0, 0.05) is 11.3 Å². The van der Waals surface area contributed by atoms with Crippen LogP contribution in [0.3, 0.4) is 0 Å². The Balaban J connectivity index is 1.66. The van der Waals surface area contributed by atoms with Gasteiger partial charge in [-0.3, -0.25) is 4.79 Å². The maximum atomic E-state index is 12.4. The minimum absolute atomic E-state index is 0.105. The van der Waals surface area contributed by atoms with Crippen molar-refractivity contribution < 1.29 is 9.21 Å². The average molecular weight is 367 g/mol. The molecule has 0 radical (unpaired) electrons. The number of thioether (sulfide) groups is 1. The normalized spacial score (nSPS) is 12.0. The molecule has 0 bridgehead atoms. The maximum absolute atomic E-state index is 12.4. The molecule has 1 heterocycles. The predicted molar refractivity (Wildman–Crippen MR) is 104 cm³/mol. The van der Waals surface area contributed by atoms with Gasteiger partial charge in [0.1, 0.15) is 0 Å². The van der Waals surface area contributed by atoms with E-state index in [1.54, 1.807) is 0 Å². The van der Waals surface area contributed by atoms with Gasteiger partial charge in [0.15, 0.2) is 0 Å². The molecule has 1 atom stereocenters. The fraction of sp³-hybridized carbons (Fsp3) is 0.250. The van der Waals surface area contributed by atoms with E-state index in [2.05, 4.69) is 22.4 Å². The van der Waals surface area contributed by atoms with Gasteiger partial charge in [-0.25, -0.2) is 0 Å². The molecule has 134 valence electrons. The first-order valence-electron chi connectivity index (χ1n) is 8.37. The molecule has 3 rings (SSSR count). The van der Waals surface area contributed by atoms with Crippen LogP contribution in [0.2, 0.25) is 0 Å². The summed E-state index contributed by atoms with van der Waals surface area (Å²) in [5.74, 6) is 0.355. The summed E-state index contributed by atoms with van der Waals surface area (Å²) >= 11 is 1.25. The van der Waals surface area contributed by atoms with E-state index in [0.717, 1.165) is 16.8 Å². The van der Waals surface area contributed by atoms with E-state index in [-0.39, 0.29) is 11.2 Å². The topological polar surface area (TPSA) is 68.0 Å². The van der Waals surface area contributed by atoms with E-state index in [4.69, 9.17) is 4.42 Å². The zero-order valence-electron chi connectivity index (χ0n) is 15.2. The number of carbonyl (C=O) groups excluding carboxylic acids is 1. The number of rotatable bonds is 5. The van der Waals surface area contributed by atoms with Gasteiger partial charge < -0.3 is 9.73 Å². The van der Waals surface area contributed by atoms with Gasteiger partial charge in [-0.05, 0) is 68.7 Å². The zero-order valence-corrected chi connectivity index (χ0v) is 16.1. The van der Waals surface area contributed by atoms with Crippen molar-refractivity contribution in [3.63, 3.8) is 0 Å². The number of amides is 1. The van der Waals surface area contributed by atoms with Gasteiger partial charge >= 0.3 is 0 Å². The summed E-state index contributed by atoms with van der Waals surface area (Å²) < 4.78 is 5.72. The first-order valence-corrected chi connectivity index (χ1v) is 9.25. The summed E-state index contributed by atoms with van der Waals surface area (Å²) in [7, 11) is 0. The molecule has 6 heteroatoms. The number of benzene rings is 2. The van der Waals surface area contributed by atoms with E-state index in [1.165, 1.54) is 22.9 Å². The minimum atomic E-state index is -0.358. The van der Waals surface area contributed by atoms with Crippen LogP contribution >= 0.6 is 11.8 Å². The Bertz CT molecular complexity index is 936. The highest BCUT2D eigenvalue weighted by molar-refractivity contribution is 8.00. The molecule has 0 unspecified atom stereocenters. The molecule has 26 heavy (non-hydrogen) atoms. The first-order chi connectivity index (χ1) is 12.4. The quantitative estimate of drug-likeness (QED) is 0.657. The lowest BCUT2D eigenvalue weighted by Crippen LogP contribution is -2.22. The lowest BCUT2D eigenvalue weighted by molar-refractivity contribution is -0.115. The summed E-state index contributed by atoms with van der Waals surface area (Å²) in [5.41, 5.74) is 5.14. The van der Waals surface area contributed by atoms with Gasteiger partial charge in [0.2, 0.25) is 11.8 Å². The van der Waals surface area contributed by atoms with Crippen LogP contribution in [0.1, 0.15) is 23.6 Å². The Morgan fingerprint density at radius 1 is 1.08 bits per heavy atom. The summed E-state index contributed by atoms with van der Waals surface area (Å²) in [6, 6.07) is 13.7. The van der Waals surface area contributed by atoms with E-state index < -0.39 is 0 Å². The molecule has 0 aliphatic heterocycles. The second kappa shape index (κ2) is 7.74. The number of anilines is 1. The monoisotopic (exact) mass is 367 g/mol. The van der Waals surface area contributed by atoms with E-state index in [9.17, 15) is 4.79 Å². The lowest BCUT2D eigenvalue weighted by atomic mass is 10.1. The smallest absolute Gasteiger partial charge is 0.277 e. The second-order valence-electron chi connectivity index (χ2n) is 6.29. The molecule has 0 saturated carbocycles. The molecule has 0 aliphatic carbocycles. The molecule has 5 nitrogen and oxygen atoms in total.